The lowest BCUT2D eigenvalue weighted by molar-refractivity contribution is -0.154. The van der Waals surface area contributed by atoms with Gasteiger partial charge in [-0.25, -0.2) is 9.97 Å². The average Bonchev–Trinajstić information content (AvgIpc) is 3.51. The van der Waals surface area contributed by atoms with Crippen LogP contribution in [0.3, 0.4) is 0 Å². The molecule has 0 spiro atoms. The van der Waals surface area contributed by atoms with E-state index in [1.165, 1.54) is 0 Å². The molecule has 4 aromatic rings. The number of para-hydroxylation sites is 1. The third-order valence-corrected chi connectivity index (χ3v) is 6.23. The number of hydrogen-bond donors (Lipinski definition) is 2. The summed E-state index contributed by atoms with van der Waals surface area (Å²) in [6.45, 7) is 7.57. The summed E-state index contributed by atoms with van der Waals surface area (Å²) in [6, 6.07) is 7.90. The molecule has 182 valence electrons. The summed E-state index contributed by atoms with van der Waals surface area (Å²) in [4.78, 5) is 21.3. The molecule has 5 rings (SSSR count). The first kappa shape index (κ1) is 23.0. The Balaban J connectivity index is 1.44. The highest BCUT2D eigenvalue weighted by atomic mass is 16.5. The van der Waals surface area contributed by atoms with Crippen LogP contribution in [-0.2, 0) is 16.1 Å². The number of piperidine rings is 1. The maximum Gasteiger partial charge on any atom is 0.311 e. The number of carbonyl (C=O) groups excluding carboxylic acids is 1. The Morgan fingerprint density at radius 2 is 2.03 bits per heavy atom. The zero-order chi connectivity index (χ0) is 24.6. The summed E-state index contributed by atoms with van der Waals surface area (Å²) in [6.07, 6.45) is 7.77. The van der Waals surface area contributed by atoms with Crippen molar-refractivity contribution in [1.82, 2.24) is 25.1 Å². The highest BCUT2D eigenvalue weighted by molar-refractivity contribution is 5.83. The van der Waals surface area contributed by atoms with Crippen molar-refractivity contribution in [3.8, 4) is 22.6 Å². The molecule has 3 N–H and O–H groups in total. The van der Waals surface area contributed by atoms with Gasteiger partial charge in [0.05, 0.1) is 23.2 Å². The third kappa shape index (κ3) is 4.77. The number of nitrogen functional groups attached to an aromatic ring is 1. The Morgan fingerprint density at radius 3 is 2.80 bits per heavy atom. The van der Waals surface area contributed by atoms with Crippen LogP contribution in [0.2, 0.25) is 0 Å². The molecule has 35 heavy (non-hydrogen) atoms. The molecule has 4 heterocycles. The molecular formula is C26H30N6O3. The van der Waals surface area contributed by atoms with Crippen LogP contribution in [0.25, 0.3) is 33.7 Å². The van der Waals surface area contributed by atoms with E-state index in [4.69, 9.17) is 14.9 Å². The number of ether oxygens (including phenoxy) is 1. The minimum absolute atomic E-state index is 0.103. The first-order chi connectivity index (χ1) is 16.8. The Labute approximate surface area is 203 Å². The predicted octanol–water partition coefficient (Wildman–Crippen LogP) is 4.35. The fourth-order valence-corrected chi connectivity index (χ4v) is 4.16. The Bertz CT molecular complexity index is 1360. The second kappa shape index (κ2) is 9.14. The largest absolute Gasteiger partial charge is 0.460 e. The van der Waals surface area contributed by atoms with Crippen molar-refractivity contribution in [3.05, 3.63) is 48.4 Å². The molecule has 1 aliphatic rings. The van der Waals surface area contributed by atoms with Gasteiger partial charge in [0.15, 0.2) is 5.58 Å². The van der Waals surface area contributed by atoms with Crippen LogP contribution in [0, 0.1) is 5.41 Å². The topological polar surface area (TPSA) is 121 Å². The van der Waals surface area contributed by atoms with Crippen LogP contribution in [-0.4, -0.2) is 38.8 Å². The van der Waals surface area contributed by atoms with Crippen molar-refractivity contribution in [1.29, 1.82) is 0 Å². The molecule has 9 heteroatoms. The van der Waals surface area contributed by atoms with Crippen molar-refractivity contribution >= 4 is 22.9 Å². The van der Waals surface area contributed by atoms with Crippen molar-refractivity contribution in [3.63, 3.8) is 0 Å². The van der Waals surface area contributed by atoms with Crippen LogP contribution in [0.5, 0.6) is 0 Å². The number of oxazole rings is 1. The van der Waals surface area contributed by atoms with Crippen molar-refractivity contribution in [2.75, 3.05) is 18.8 Å². The number of pyridine rings is 1. The van der Waals surface area contributed by atoms with Gasteiger partial charge in [-0.1, -0.05) is 12.1 Å². The van der Waals surface area contributed by atoms with Gasteiger partial charge in [-0.3, -0.25) is 9.48 Å². The average molecular weight is 475 g/mol. The first-order valence-electron chi connectivity index (χ1n) is 11.9. The maximum atomic E-state index is 12.2. The molecule has 0 saturated carbocycles. The zero-order valence-electron chi connectivity index (χ0n) is 20.2. The number of fused-ring (bicyclic) bond motifs is 1. The maximum absolute atomic E-state index is 12.2. The third-order valence-electron chi connectivity index (χ3n) is 6.23. The molecule has 9 nitrogen and oxygen atoms in total. The second-order valence-electron chi connectivity index (χ2n) is 9.96. The van der Waals surface area contributed by atoms with Gasteiger partial charge < -0.3 is 20.2 Å². The molecule has 0 amide bonds. The molecular weight excluding hydrogens is 444 g/mol. The molecule has 1 aromatic carbocycles. The summed E-state index contributed by atoms with van der Waals surface area (Å²) in [5.41, 5.74) is 10.1. The summed E-state index contributed by atoms with van der Waals surface area (Å²) >= 11 is 0. The van der Waals surface area contributed by atoms with Gasteiger partial charge in [0.1, 0.15) is 17.9 Å². The molecule has 1 aliphatic heterocycles. The fourth-order valence-electron chi connectivity index (χ4n) is 4.16. The number of esters is 1. The molecule has 0 atom stereocenters. The number of aromatic nitrogens is 4. The van der Waals surface area contributed by atoms with Crippen molar-refractivity contribution in [2.45, 2.75) is 46.3 Å². The molecule has 3 aromatic heterocycles. The normalized spacial score (nSPS) is 14.9. The predicted molar refractivity (Wildman–Crippen MR) is 133 cm³/mol. The first-order valence-corrected chi connectivity index (χ1v) is 11.9. The smallest absolute Gasteiger partial charge is 0.311 e. The molecule has 0 unspecified atom stereocenters. The number of anilines is 1. The number of rotatable bonds is 5. The van der Waals surface area contributed by atoms with Crippen LogP contribution >= 0.6 is 0 Å². The van der Waals surface area contributed by atoms with Gasteiger partial charge in [-0.05, 0) is 58.8 Å². The van der Waals surface area contributed by atoms with E-state index < -0.39 is 5.41 Å². The zero-order valence-corrected chi connectivity index (χ0v) is 20.2. The van der Waals surface area contributed by atoms with Crippen LogP contribution in [0.4, 0.5) is 5.82 Å². The lowest BCUT2D eigenvalue weighted by atomic mass is 9.97. The van der Waals surface area contributed by atoms with Crippen molar-refractivity contribution < 1.29 is 13.9 Å². The number of nitrogens with two attached hydrogens (primary N) is 1. The van der Waals surface area contributed by atoms with Gasteiger partial charge >= 0.3 is 5.97 Å². The number of nitrogens with zero attached hydrogens (tertiary/aromatic N) is 4. The van der Waals surface area contributed by atoms with E-state index in [1.807, 2.05) is 55.9 Å². The van der Waals surface area contributed by atoms with E-state index >= 15 is 0 Å². The highest BCUT2D eigenvalue weighted by Gasteiger charge is 2.24. The minimum Gasteiger partial charge on any atom is -0.460 e. The monoisotopic (exact) mass is 474 g/mol. The van der Waals surface area contributed by atoms with E-state index in [0.29, 0.717) is 34.4 Å². The van der Waals surface area contributed by atoms with E-state index in [-0.39, 0.29) is 12.6 Å². The fraction of sp³-hybridized carbons (Fsp3) is 0.385. The van der Waals surface area contributed by atoms with Gasteiger partial charge in [0.2, 0.25) is 5.89 Å². The van der Waals surface area contributed by atoms with Crippen molar-refractivity contribution in [2.24, 2.45) is 5.41 Å². The standard InChI is InChI=1S/C26H30N6O3/c1-26(2,3)25(33)34-15-16-5-4-6-21-22(16)35-24(31-21)20-11-17(12-29-23(20)27)18-13-30-32(14-18)19-7-9-28-10-8-19/h4-6,11-14,19,28H,7-10,15H2,1-3H3,(H2,27,29). The number of carbonyl (C=O) groups is 1. The SMILES string of the molecule is CC(C)(C)C(=O)OCc1cccc2nc(-c3cc(-c4cnn(C5CCNCC5)c4)cnc3N)oc12. The molecule has 0 aliphatic carbocycles. The van der Waals surface area contributed by atoms with Crippen LogP contribution in [0.1, 0.15) is 45.2 Å². The summed E-state index contributed by atoms with van der Waals surface area (Å²) in [5, 5.41) is 7.97. The van der Waals surface area contributed by atoms with Crippen LogP contribution < -0.4 is 11.1 Å². The minimum atomic E-state index is -0.581. The molecule has 1 fully saturated rings. The Kier molecular flexibility index (Phi) is 6.02. The quantitative estimate of drug-likeness (QED) is 0.410. The summed E-state index contributed by atoms with van der Waals surface area (Å²) in [5.74, 6) is 0.416. The Hall–Kier alpha value is -3.72. The summed E-state index contributed by atoms with van der Waals surface area (Å²) < 4.78 is 13.7. The molecule has 0 radical (unpaired) electrons. The summed E-state index contributed by atoms with van der Waals surface area (Å²) in [7, 11) is 0. The number of hydrogen-bond acceptors (Lipinski definition) is 8. The highest BCUT2D eigenvalue weighted by Crippen LogP contribution is 2.33. The van der Waals surface area contributed by atoms with Gasteiger partial charge in [-0.2, -0.15) is 5.10 Å². The van der Waals surface area contributed by atoms with E-state index in [2.05, 4.69) is 26.6 Å². The van der Waals surface area contributed by atoms with Gasteiger partial charge in [0, 0.05) is 29.1 Å². The van der Waals surface area contributed by atoms with E-state index in [1.54, 1.807) is 6.20 Å². The van der Waals surface area contributed by atoms with Gasteiger partial charge in [0.25, 0.3) is 0 Å². The van der Waals surface area contributed by atoms with E-state index in [9.17, 15) is 4.79 Å². The van der Waals surface area contributed by atoms with Crippen LogP contribution in [0.15, 0.2) is 47.3 Å². The number of benzene rings is 1. The van der Waals surface area contributed by atoms with E-state index in [0.717, 1.165) is 42.6 Å². The second-order valence-corrected chi connectivity index (χ2v) is 9.96. The molecule has 0 bridgehead atoms. The van der Waals surface area contributed by atoms with Gasteiger partial charge in [-0.15, -0.1) is 0 Å². The Morgan fingerprint density at radius 1 is 1.23 bits per heavy atom. The number of nitrogens with one attached hydrogen (secondary N) is 1. The molecule has 1 saturated heterocycles. The lowest BCUT2D eigenvalue weighted by Gasteiger charge is -2.22. The lowest BCUT2D eigenvalue weighted by Crippen LogP contribution is -2.29.